The molecule has 2 atom stereocenters. The number of pyridine rings is 1. The van der Waals surface area contributed by atoms with Crippen molar-refractivity contribution in [2.24, 2.45) is 0 Å². The van der Waals surface area contributed by atoms with Crippen LogP contribution in [0, 0.1) is 6.92 Å². The maximum absolute atomic E-state index is 13.0. The molecule has 9 heteroatoms. The lowest BCUT2D eigenvalue weighted by Crippen LogP contribution is -2.37. The summed E-state index contributed by atoms with van der Waals surface area (Å²) in [5.74, 6) is -0.547. The lowest BCUT2D eigenvalue weighted by Gasteiger charge is -2.16. The van der Waals surface area contributed by atoms with E-state index in [2.05, 4.69) is 20.4 Å². The second-order valence-electron chi connectivity index (χ2n) is 7.97. The Hall–Kier alpha value is -2.39. The Balaban J connectivity index is 1.60. The Kier molecular flexibility index (Phi) is 5.59. The number of aromatic nitrogens is 1. The normalized spacial score (nSPS) is 21.8. The predicted molar refractivity (Wildman–Crippen MR) is 105 cm³/mol. The Morgan fingerprint density at radius 1 is 1.30 bits per heavy atom. The number of carbonyl (C=O) groups is 1. The van der Waals surface area contributed by atoms with E-state index in [4.69, 9.17) is 4.74 Å². The second kappa shape index (κ2) is 8.03. The van der Waals surface area contributed by atoms with Gasteiger partial charge in [-0.3, -0.25) is 4.79 Å². The molecule has 30 heavy (non-hydrogen) atoms. The summed E-state index contributed by atoms with van der Waals surface area (Å²) >= 11 is 0. The maximum Gasteiger partial charge on any atom is 0.573 e. The average Bonchev–Trinajstić information content (AvgIpc) is 3.43. The summed E-state index contributed by atoms with van der Waals surface area (Å²) < 4.78 is 48.5. The number of nitrogens with zero attached hydrogens (tertiary/aromatic N) is 1. The number of rotatable bonds is 6. The number of benzene rings is 1. The lowest BCUT2D eigenvalue weighted by atomic mass is 10.0. The fourth-order valence-electron chi connectivity index (χ4n) is 3.88. The van der Waals surface area contributed by atoms with Crippen LogP contribution in [0.3, 0.4) is 0 Å². The molecule has 1 saturated heterocycles. The van der Waals surface area contributed by atoms with Gasteiger partial charge in [0.2, 0.25) is 0 Å². The van der Waals surface area contributed by atoms with E-state index in [1.54, 1.807) is 20.1 Å². The zero-order valence-corrected chi connectivity index (χ0v) is 16.8. The minimum absolute atomic E-state index is 0.0420. The van der Waals surface area contributed by atoms with E-state index in [1.165, 1.54) is 6.07 Å². The number of carbonyl (C=O) groups excluding carboxylic acids is 1. The highest BCUT2D eigenvalue weighted by atomic mass is 19.4. The van der Waals surface area contributed by atoms with Crippen molar-refractivity contribution in [2.75, 3.05) is 20.2 Å². The molecule has 2 aromatic rings. The molecule has 1 saturated carbocycles. The van der Waals surface area contributed by atoms with Crippen LogP contribution in [0.25, 0.3) is 10.9 Å². The number of fused-ring (bicyclic) bond motifs is 1. The highest BCUT2D eigenvalue weighted by Gasteiger charge is 2.34. The SMILES string of the molecule is CO[C@@H]1CN[C@@H](CNC(=O)c2cc(C)c3cc(C4CC4)cc(OC(F)(F)F)c3n2)C1. The molecule has 1 aromatic carbocycles. The topological polar surface area (TPSA) is 72.5 Å². The van der Waals surface area contributed by atoms with E-state index in [0.717, 1.165) is 24.8 Å². The van der Waals surface area contributed by atoms with Crippen LogP contribution < -0.4 is 15.4 Å². The summed E-state index contributed by atoms with van der Waals surface area (Å²) in [4.78, 5) is 16.9. The number of alkyl halides is 3. The van der Waals surface area contributed by atoms with Crippen LogP contribution in [0.1, 0.15) is 46.8 Å². The standard InChI is InChI=1S/C21H24F3N3O3/c1-11-5-17(20(28)26-9-14-8-15(29-2)10-25-14)27-19-16(11)6-13(12-3-4-12)7-18(19)30-21(22,23)24/h5-7,12,14-15,25H,3-4,8-10H2,1-2H3,(H,26,28)/t14-,15+/m1/s1. The monoisotopic (exact) mass is 423 g/mol. The predicted octanol–water partition coefficient (Wildman–Crippen LogP) is 3.43. The molecule has 2 aliphatic rings. The molecule has 1 amide bonds. The third kappa shape index (κ3) is 4.67. The minimum atomic E-state index is -4.84. The summed E-state index contributed by atoms with van der Waals surface area (Å²) in [5.41, 5.74) is 1.59. The molecule has 4 rings (SSSR count). The Morgan fingerprint density at radius 3 is 2.70 bits per heavy atom. The molecule has 162 valence electrons. The van der Waals surface area contributed by atoms with Gasteiger partial charge < -0.3 is 20.1 Å². The van der Waals surface area contributed by atoms with Gasteiger partial charge in [-0.2, -0.15) is 0 Å². The second-order valence-corrected chi connectivity index (χ2v) is 7.97. The van der Waals surface area contributed by atoms with Crippen LogP contribution in [0.5, 0.6) is 5.75 Å². The summed E-state index contributed by atoms with van der Waals surface area (Å²) in [5, 5.41) is 6.63. The molecule has 1 aromatic heterocycles. The first-order chi connectivity index (χ1) is 14.2. The Bertz CT molecular complexity index is 960. The maximum atomic E-state index is 13.0. The minimum Gasteiger partial charge on any atom is -0.403 e. The number of aryl methyl sites for hydroxylation is 1. The largest absolute Gasteiger partial charge is 0.573 e. The zero-order valence-electron chi connectivity index (χ0n) is 16.8. The number of hydrogen-bond donors (Lipinski definition) is 2. The quantitative estimate of drug-likeness (QED) is 0.745. The third-order valence-corrected chi connectivity index (χ3v) is 5.64. The van der Waals surface area contributed by atoms with Crippen molar-refractivity contribution in [3.8, 4) is 5.75 Å². The highest BCUT2D eigenvalue weighted by molar-refractivity contribution is 5.97. The fraction of sp³-hybridized carbons (Fsp3) is 0.524. The molecular weight excluding hydrogens is 399 g/mol. The molecule has 2 N–H and O–H groups in total. The summed E-state index contributed by atoms with van der Waals surface area (Å²) in [6, 6.07) is 4.93. The summed E-state index contributed by atoms with van der Waals surface area (Å²) in [6.07, 6.45) is -2.06. The molecule has 0 radical (unpaired) electrons. The molecule has 2 heterocycles. The van der Waals surface area contributed by atoms with Crippen LogP contribution >= 0.6 is 0 Å². The van der Waals surface area contributed by atoms with Gasteiger partial charge in [-0.05, 0) is 61.4 Å². The average molecular weight is 423 g/mol. The molecule has 0 bridgehead atoms. The number of amides is 1. The van der Waals surface area contributed by atoms with Crippen LogP contribution in [-0.2, 0) is 4.74 Å². The van der Waals surface area contributed by atoms with Gasteiger partial charge in [-0.1, -0.05) is 0 Å². The van der Waals surface area contributed by atoms with Crippen LogP contribution in [0.2, 0.25) is 0 Å². The molecular formula is C21H24F3N3O3. The van der Waals surface area contributed by atoms with Crippen molar-refractivity contribution in [3.05, 3.63) is 35.0 Å². The van der Waals surface area contributed by atoms with Crippen molar-refractivity contribution in [2.45, 2.75) is 50.6 Å². The number of hydrogen-bond acceptors (Lipinski definition) is 5. The van der Waals surface area contributed by atoms with Gasteiger partial charge >= 0.3 is 6.36 Å². The fourth-order valence-corrected chi connectivity index (χ4v) is 3.88. The van der Waals surface area contributed by atoms with E-state index in [9.17, 15) is 18.0 Å². The molecule has 6 nitrogen and oxygen atoms in total. The van der Waals surface area contributed by atoms with Gasteiger partial charge in [-0.25, -0.2) is 4.98 Å². The lowest BCUT2D eigenvalue weighted by molar-refractivity contribution is -0.274. The van der Waals surface area contributed by atoms with Gasteiger partial charge in [0.15, 0.2) is 5.75 Å². The van der Waals surface area contributed by atoms with Crippen LogP contribution in [0.4, 0.5) is 13.2 Å². The van der Waals surface area contributed by atoms with Crippen molar-refractivity contribution in [1.82, 2.24) is 15.6 Å². The Labute approximate surface area is 172 Å². The molecule has 0 spiro atoms. The molecule has 1 aliphatic heterocycles. The Morgan fingerprint density at radius 2 is 2.07 bits per heavy atom. The smallest absolute Gasteiger partial charge is 0.403 e. The number of nitrogens with one attached hydrogen (secondary N) is 2. The van der Waals surface area contributed by atoms with Gasteiger partial charge in [0.1, 0.15) is 11.2 Å². The molecule has 0 unspecified atom stereocenters. The van der Waals surface area contributed by atoms with Gasteiger partial charge in [0, 0.05) is 31.6 Å². The first kappa shape index (κ1) is 20.9. The van der Waals surface area contributed by atoms with E-state index in [1.807, 2.05) is 6.07 Å². The van der Waals surface area contributed by atoms with Crippen molar-refractivity contribution in [3.63, 3.8) is 0 Å². The van der Waals surface area contributed by atoms with Crippen LogP contribution in [-0.4, -0.2) is 49.6 Å². The molecule has 2 fully saturated rings. The number of ether oxygens (including phenoxy) is 2. The van der Waals surface area contributed by atoms with Crippen molar-refractivity contribution < 1.29 is 27.4 Å². The first-order valence-electron chi connectivity index (χ1n) is 9.99. The first-order valence-corrected chi connectivity index (χ1v) is 9.99. The van der Waals surface area contributed by atoms with Gasteiger partial charge in [0.25, 0.3) is 5.91 Å². The van der Waals surface area contributed by atoms with Crippen LogP contribution in [0.15, 0.2) is 18.2 Å². The molecule has 1 aliphatic carbocycles. The van der Waals surface area contributed by atoms with Gasteiger partial charge in [0.05, 0.1) is 6.10 Å². The van der Waals surface area contributed by atoms with E-state index in [-0.39, 0.29) is 35.0 Å². The zero-order chi connectivity index (χ0) is 21.5. The summed E-state index contributed by atoms with van der Waals surface area (Å²) in [6.45, 7) is 2.85. The van der Waals surface area contributed by atoms with E-state index >= 15 is 0 Å². The van der Waals surface area contributed by atoms with Gasteiger partial charge in [-0.15, -0.1) is 13.2 Å². The highest BCUT2D eigenvalue weighted by Crippen LogP contribution is 2.44. The number of methoxy groups -OCH3 is 1. The third-order valence-electron chi connectivity index (χ3n) is 5.64. The van der Waals surface area contributed by atoms with Crippen molar-refractivity contribution in [1.29, 1.82) is 0 Å². The number of halogens is 3. The summed E-state index contributed by atoms with van der Waals surface area (Å²) in [7, 11) is 1.64. The van der Waals surface area contributed by atoms with E-state index in [0.29, 0.717) is 24.0 Å². The van der Waals surface area contributed by atoms with E-state index < -0.39 is 12.3 Å². The van der Waals surface area contributed by atoms with Crippen molar-refractivity contribution >= 4 is 16.8 Å².